The minimum absolute atomic E-state index is 0.0808. The highest BCUT2D eigenvalue weighted by atomic mass is 35.5. The molecule has 0 aromatic heterocycles. The molecule has 7 nitrogen and oxygen atoms in total. The van der Waals surface area contributed by atoms with Crippen LogP contribution in [0.25, 0.3) is 0 Å². The second-order valence-corrected chi connectivity index (χ2v) is 10.1. The van der Waals surface area contributed by atoms with E-state index in [2.05, 4.69) is 15.2 Å². The van der Waals surface area contributed by atoms with Crippen molar-refractivity contribution >= 4 is 63.3 Å². The van der Waals surface area contributed by atoms with Crippen molar-refractivity contribution in [2.24, 2.45) is 4.99 Å². The maximum atomic E-state index is 14.3. The van der Waals surface area contributed by atoms with Crippen LogP contribution in [-0.4, -0.2) is 71.4 Å². The van der Waals surface area contributed by atoms with Gasteiger partial charge in [0.25, 0.3) is 0 Å². The van der Waals surface area contributed by atoms with Gasteiger partial charge in [-0.15, -0.1) is 0 Å². The number of morpholine rings is 1. The normalized spacial score (nSPS) is 20.0. The predicted octanol–water partition coefficient (Wildman–Crippen LogP) is 4.82. The summed E-state index contributed by atoms with van der Waals surface area (Å²) in [4.78, 5) is 34.2. The van der Waals surface area contributed by atoms with Gasteiger partial charge in [-0.05, 0) is 30.7 Å². The molecule has 1 N–H and O–H groups in total. The maximum absolute atomic E-state index is 14.3. The van der Waals surface area contributed by atoms with Crippen molar-refractivity contribution in [2.45, 2.75) is 18.1 Å². The molecular formula is C24H25Cl2FN4O3S. The molecule has 2 aromatic rings. The van der Waals surface area contributed by atoms with Gasteiger partial charge in [-0.1, -0.05) is 53.2 Å². The number of carbonyl (C=O) groups excluding carboxylic acids is 2. The topological polar surface area (TPSA) is 74.2 Å². The highest BCUT2D eigenvalue weighted by Gasteiger charge is 2.39. The Bertz CT molecular complexity index is 1110. The predicted molar refractivity (Wildman–Crippen MR) is 138 cm³/mol. The van der Waals surface area contributed by atoms with Crippen molar-refractivity contribution < 1.29 is 18.7 Å². The van der Waals surface area contributed by atoms with Crippen LogP contribution in [0.5, 0.6) is 0 Å². The Morgan fingerprint density at radius 2 is 1.91 bits per heavy atom. The van der Waals surface area contributed by atoms with Gasteiger partial charge in [-0.25, -0.2) is 9.38 Å². The summed E-state index contributed by atoms with van der Waals surface area (Å²) in [5, 5.41) is 2.98. The Balaban J connectivity index is 1.46. The largest absolute Gasteiger partial charge is 0.379 e. The molecule has 0 saturated carbocycles. The van der Waals surface area contributed by atoms with Gasteiger partial charge in [-0.3, -0.25) is 19.4 Å². The summed E-state index contributed by atoms with van der Waals surface area (Å²) in [6.07, 6.45) is 0.641. The molecule has 2 aromatic carbocycles. The molecule has 35 heavy (non-hydrogen) atoms. The molecule has 0 spiro atoms. The fourth-order valence-corrected chi connectivity index (χ4v) is 5.35. The van der Waals surface area contributed by atoms with E-state index in [4.69, 9.17) is 27.9 Å². The zero-order valence-corrected chi connectivity index (χ0v) is 21.2. The van der Waals surface area contributed by atoms with Crippen LogP contribution < -0.4 is 5.32 Å². The number of amides is 2. The number of carbonyl (C=O) groups is 2. The number of benzene rings is 2. The van der Waals surface area contributed by atoms with E-state index >= 15 is 0 Å². The molecule has 2 fully saturated rings. The number of hydrogen-bond donors (Lipinski definition) is 1. The number of rotatable bonds is 8. The molecule has 0 radical (unpaired) electrons. The van der Waals surface area contributed by atoms with Crippen LogP contribution in [0.1, 0.15) is 12.8 Å². The first-order valence-electron chi connectivity index (χ1n) is 11.3. The average molecular weight is 539 g/mol. The van der Waals surface area contributed by atoms with Gasteiger partial charge in [0, 0.05) is 32.6 Å². The number of aliphatic imine (C=N–C) groups is 1. The summed E-state index contributed by atoms with van der Waals surface area (Å²) in [6, 6.07) is 11.1. The smallest absolute Gasteiger partial charge is 0.242 e. The Labute approximate surface area is 217 Å². The van der Waals surface area contributed by atoms with Crippen LogP contribution in [0, 0.1) is 5.82 Å². The number of nitrogens with zero attached hydrogens (tertiary/aromatic N) is 3. The molecule has 186 valence electrons. The molecule has 11 heteroatoms. The van der Waals surface area contributed by atoms with E-state index in [9.17, 15) is 14.0 Å². The summed E-state index contributed by atoms with van der Waals surface area (Å²) < 4.78 is 19.6. The average Bonchev–Trinajstić information content (AvgIpc) is 3.13. The SMILES string of the molecule is O=C(C[C@H]1SC(=Nc2ccccc2F)N(CCCN2CCOCC2)C1=O)Nc1cccc(Cl)c1Cl. The lowest BCUT2D eigenvalue weighted by Gasteiger charge is -2.27. The van der Waals surface area contributed by atoms with Gasteiger partial charge >= 0.3 is 0 Å². The van der Waals surface area contributed by atoms with Gasteiger partial charge in [-0.2, -0.15) is 0 Å². The number of nitrogens with one attached hydrogen (secondary N) is 1. The second-order valence-electron chi connectivity index (χ2n) is 8.10. The van der Waals surface area contributed by atoms with Crippen LogP contribution >= 0.6 is 35.0 Å². The van der Waals surface area contributed by atoms with Crippen molar-refractivity contribution in [3.8, 4) is 0 Å². The molecule has 2 heterocycles. The van der Waals surface area contributed by atoms with Gasteiger partial charge in [0.1, 0.15) is 16.8 Å². The van der Waals surface area contributed by atoms with Crippen LogP contribution in [0.2, 0.25) is 10.0 Å². The molecule has 0 aliphatic carbocycles. The van der Waals surface area contributed by atoms with Gasteiger partial charge < -0.3 is 10.1 Å². The molecule has 2 aliphatic rings. The van der Waals surface area contributed by atoms with E-state index in [1.165, 1.54) is 17.8 Å². The third kappa shape index (κ3) is 6.74. The number of thioether (sulfide) groups is 1. The van der Waals surface area contributed by atoms with Crippen molar-refractivity contribution in [1.82, 2.24) is 9.80 Å². The van der Waals surface area contributed by atoms with Crippen molar-refractivity contribution in [3.05, 3.63) is 58.3 Å². The molecule has 2 saturated heterocycles. The number of halogens is 3. The lowest BCUT2D eigenvalue weighted by molar-refractivity contribution is -0.128. The fraction of sp³-hybridized carbons (Fsp3) is 0.375. The van der Waals surface area contributed by atoms with Crippen LogP contribution in [0.3, 0.4) is 0 Å². The summed E-state index contributed by atoms with van der Waals surface area (Å²) in [5.74, 6) is -1.07. The van der Waals surface area contributed by atoms with Crippen LogP contribution in [0.15, 0.2) is 47.5 Å². The lowest BCUT2D eigenvalue weighted by Crippen LogP contribution is -2.39. The molecular weight excluding hydrogens is 514 g/mol. The number of anilines is 1. The molecule has 4 rings (SSSR count). The molecule has 1 atom stereocenters. The number of amidine groups is 1. The van der Waals surface area contributed by atoms with E-state index in [-0.39, 0.29) is 28.9 Å². The Hall–Kier alpha value is -2.17. The van der Waals surface area contributed by atoms with E-state index in [0.29, 0.717) is 35.6 Å². The summed E-state index contributed by atoms with van der Waals surface area (Å²) in [6.45, 7) is 4.35. The monoisotopic (exact) mass is 538 g/mol. The summed E-state index contributed by atoms with van der Waals surface area (Å²) in [7, 11) is 0. The Morgan fingerprint density at radius 3 is 2.69 bits per heavy atom. The van der Waals surface area contributed by atoms with Gasteiger partial charge in [0.05, 0.1) is 28.9 Å². The van der Waals surface area contributed by atoms with Gasteiger partial charge in [0.2, 0.25) is 11.8 Å². The zero-order chi connectivity index (χ0) is 24.8. The van der Waals surface area contributed by atoms with Crippen LogP contribution in [0.4, 0.5) is 15.8 Å². The molecule has 0 unspecified atom stereocenters. The lowest BCUT2D eigenvalue weighted by atomic mass is 10.2. The number of ether oxygens (including phenoxy) is 1. The first-order chi connectivity index (χ1) is 16.9. The minimum Gasteiger partial charge on any atom is -0.379 e. The fourth-order valence-electron chi connectivity index (χ4n) is 3.82. The van der Waals surface area contributed by atoms with E-state index in [1.807, 2.05) is 0 Å². The first-order valence-corrected chi connectivity index (χ1v) is 12.9. The Kier molecular flexibility index (Phi) is 9.02. The molecule has 2 aliphatic heterocycles. The number of para-hydroxylation sites is 1. The number of hydrogen-bond acceptors (Lipinski definition) is 6. The van der Waals surface area contributed by atoms with Crippen molar-refractivity contribution in [1.29, 1.82) is 0 Å². The van der Waals surface area contributed by atoms with E-state index < -0.39 is 11.1 Å². The molecule has 2 amide bonds. The zero-order valence-electron chi connectivity index (χ0n) is 18.9. The third-order valence-corrected chi connectivity index (χ3v) is 7.64. The van der Waals surface area contributed by atoms with Crippen molar-refractivity contribution in [3.63, 3.8) is 0 Å². The highest BCUT2D eigenvalue weighted by molar-refractivity contribution is 8.15. The summed E-state index contributed by atoms with van der Waals surface area (Å²) >= 11 is 13.3. The molecule has 0 bridgehead atoms. The highest BCUT2D eigenvalue weighted by Crippen LogP contribution is 2.34. The van der Waals surface area contributed by atoms with Gasteiger partial charge in [0.15, 0.2) is 5.17 Å². The first kappa shape index (κ1) is 25.9. The van der Waals surface area contributed by atoms with E-state index in [0.717, 1.165) is 26.1 Å². The standard InChI is InChI=1S/C24H25Cl2FN4O3S/c25-16-5-3-8-19(22(16)26)28-21(32)15-20-23(33)31(10-4-9-30-11-13-34-14-12-30)24(35-20)29-18-7-2-1-6-17(18)27/h1-3,5-8,20H,4,9-15H2,(H,28,32)/t20-/m1/s1. The second kappa shape index (κ2) is 12.2. The quantitative estimate of drug-likeness (QED) is 0.521. The Morgan fingerprint density at radius 1 is 1.14 bits per heavy atom. The summed E-state index contributed by atoms with van der Waals surface area (Å²) in [5.41, 5.74) is 0.527. The van der Waals surface area contributed by atoms with E-state index in [1.54, 1.807) is 41.3 Å². The minimum atomic E-state index is -0.679. The third-order valence-electron chi connectivity index (χ3n) is 5.64. The van der Waals surface area contributed by atoms with Crippen molar-refractivity contribution in [2.75, 3.05) is 44.7 Å². The maximum Gasteiger partial charge on any atom is 0.242 e. The van der Waals surface area contributed by atoms with Crippen LogP contribution in [-0.2, 0) is 14.3 Å².